The van der Waals surface area contributed by atoms with Crippen molar-refractivity contribution in [2.75, 3.05) is 49.8 Å². The molecule has 2 aromatic carbocycles. The number of nitrogens with zero attached hydrogens (tertiary/aromatic N) is 5. The van der Waals surface area contributed by atoms with Crippen LogP contribution in [-0.2, 0) is 17.5 Å². The summed E-state index contributed by atoms with van der Waals surface area (Å²) >= 11 is 5.96. The van der Waals surface area contributed by atoms with Gasteiger partial charge in [-0.25, -0.2) is 13.0 Å². The second-order valence-corrected chi connectivity index (χ2v) is 10.3. The van der Waals surface area contributed by atoms with E-state index in [0.29, 0.717) is 12.2 Å². The van der Waals surface area contributed by atoms with Crippen molar-refractivity contribution in [1.29, 1.82) is 0 Å². The normalized spacial score (nSPS) is 16.0. The Kier molecular flexibility index (Phi) is 8.60. The van der Waals surface area contributed by atoms with Crippen LogP contribution in [0.15, 0.2) is 40.8 Å². The van der Waals surface area contributed by atoms with Gasteiger partial charge < -0.3 is 9.32 Å². The molecule has 0 radical (unpaired) electrons. The zero-order chi connectivity index (χ0) is 25.8. The van der Waals surface area contributed by atoms with Crippen LogP contribution in [0, 0.1) is 11.6 Å². The summed E-state index contributed by atoms with van der Waals surface area (Å²) in [4.78, 5) is 4.43. The van der Waals surface area contributed by atoms with E-state index in [1.54, 1.807) is 0 Å². The van der Waals surface area contributed by atoms with E-state index in [4.69, 9.17) is 16.0 Å². The minimum atomic E-state index is -2.94. The van der Waals surface area contributed by atoms with E-state index in [-0.39, 0.29) is 34.3 Å². The molecule has 0 aliphatic carbocycles. The molecule has 1 fully saturated rings. The first kappa shape index (κ1) is 26.5. The van der Waals surface area contributed by atoms with Crippen molar-refractivity contribution < 1.29 is 26.2 Å². The number of hydrogen-bond acceptors (Lipinski definition) is 6. The van der Waals surface area contributed by atoms with E-state index in [0.717, 1.165) is 38.3 Å². The van der Waals surface area contributed by atoms with Gasteiger partial charge in [-0.15, -0.1) is 10.2 Å². The van der Waals surface area contributed by atoms with Gasteiger partial charge in [0.1, 0.15) is 22.6 Å². The molecule has 0 bridgehead atoms. The van der Waals surface area contributed by atoms with Gasteiger partial charge in [0.15, 0.2) is 0 Å². The molecular formula is C23H24ClF4N5O2S. The Morgan fingerprint density at radius 2 is 1.83 bits per heavy atom. The zero-order valence-electron chi connectivity index (χ0n) is 19.3. The van der Waals surface area contributed by atoms with Crippen molar-refractivity contribution in [3.8, 4) is 11.5 Å². The maximum Gasteiger partial charge on any atom is 0.314 e. The lowest BCUT2D eigenvalue weighted by atomic mass is 10.1. The maximum atomic E-state index is 15.0. The van der Waals surface area contributed by atoms with Crippen molar-refractivity contribution in [3.63, 3.8) is 0 Å². The predicted molar refractivity (Wildman–Crippen MR) is 129 cm³/mol. The molecule has 2 heterocycles. The van der Waals surface area contributed by atoms with E-state index < -0.39 is 34.9 Å². The summed E-state index contributed by atoms with van der Waals surface area (Å²) in [5, 5.41) is 6.63. The summed E-state index contributed by atoms with van der Waals surface area (Å²) in [5.74, 6) is -2.12. The van der Waals surface area contributed by atoms with Gasteiger partial charge in [0.2, 0.25) is 5.89 Å². The highest BCUT2D eigenvalue weighted by atomic mass is 35.5. The molecule has 0 saturated carbocycles. The van der Waals surface area contributed by atoms with Crippen molar-refractivity contribution in [3.05, 3.63) is 64.5 Å². The highest BCUT2D eigenvalue weighted by molar-refractivity contribution is 7.86. The summed E-state index contributed by atoms with van der Waals surface area (Å²) in [5.41, 5.74) is 0.684. The number of alkyl halides is 2. The first-order valence-corrected chi connectivity index (χ1v) is 12.8. The van der Waals surface area contributed by atoms with E-state index in [1.807, 2.05) is 7.05 Å². The topological polar surface area (TPSA) is 65.7 Å². The third-order valence-electron chi connectivity index (χ3n) is 5.86. The highest BCUT2D eigenvalue weighted by Gasteiger charge is 2.22. The van der Waals surface area contributed by atoms with Crippen LogP contribution >= 0.6 is 11.6 Å². The summed E-state index contributed by atoms with van der Waals surface area (Å²) in [6.45, 7) is 4.03. The lowest BCUT2D eigenvalue weighted by Gasteiger charge is -2.33. The van der Waals surface area contributed by atoms with Gasteiger partial charge in [0.25, 0.3) is 5.89 Å². The van der Waals surface area contributed by atoms with Crippen LogP contribution < -0.4 is 4.31 Å². The summed E-state index contributed by atoms with van der Waals surface area (Å²) in [6.07, 6.45) is -2.94. The molecule has 1 atom stereocenters. The van der Waals surface area contributed by atoms with Crippen LogP contribution in [0.2, 0.25) is 5.02 Å². The fourth-order valence-corrected chi connectivity index (χ4v) is 5.15. The van der Waals surface area contributed by atoms with Crippen molar-refractivity contribution in [1.82, 2.24) is 20.0 Å². The average molecular weight is 546 g/mol. The molecule has 1 unspecified atom stereocenters. The first-order valence-electron chi connectivity index (χ1n) is 11.1. The van der Waals surface area contributed by atoms with Crippen LogP contribution in [-0.4, -0.2) is 69.7 Å². The Morgan fingerprint density at radius 1 is 1.08 bits per heavy atom. The van der Waals surface area contributed by atoms with Crippen molar-refractivity contribution in [2.45, 2.75) is 13.0 Å². The number of rotatable bonds is 9. The second-order valence-electron chi connectivity index (χ2n) is 8.36. The summed E-state index contributed by atoms with van der Waals surface area (Å²) < 4.78 is 74.0. The Morgan fingerprint density at radius 3 is 2.47 bits per heavy atom. The highest BCUT2D eigenvalue weighted by Crippen LogP contribution is 2.28. The molecule has 194 valence electrons. The number of aromatic nitrogens is 2. The quantitative estimate of drug-likeness (QED) is 0.368. The molecule has 1 aliphatic heterocycles. The number of piperazine rings is 1. The smallest absolute Gasteiger partial charge is 0.314 e. The van der Waals surface area contributed by atoms with Crippen LogP contribution in [0.1, 0.15) is 17.9 Å². The van der Waals surface area contributed by atoms with Crippen LogP contribution in [0.3, 0.4) is 0 Å². The number of anilines is 1. The van der Waals surface area contributed by atoms with Crippen molar-refractivity contribution >= 4 is 28.3 Å². The molecule has 13 heteroatoms. The number of hydrogen-bond donors (Lipinski definition) is 0. The molecule has 36 heavy (non-hydrogen) atoms. The molecule has 1 saturated heterocycles. The van der Waals surface area contributed by atoms with Gasteiger partial charge in [-0.1, -0.05) is 17.7 Å². The molecule has 4 rings (SSSR count). The number of likely N-dealkylation sites (N-methyl/N-ethyl adjacent to an activating group) is 1. The number of halogens is 5. The van der Waals surface area contributed by atoms with Gasteiger partial charge in [-0.2, -0.15) is 8.78 Å². The minimum absolute atomic E-state index is 0.102. The average Bonchev–Trinajstić information content (AvgIpc) is 3.35. The molecule has 3 aromatic rings. The van der Waals surface area contributed by atoms with E-state index in [2.05, 4.69) is 20.0 Å². The molecule has 0 N–H and O–H groups in total. The van der Waals surface area contributed by atoms with Gasteiger partial charge in [-0.3, -0.25) is 9.21 Å². The SMILES string of the molecule is CN1CCN(CCS(=O)N(Cc2ccc(-c3nnc(C(F)F)o3)cc2F)c2ccc(F)c(Cl)c2)CC1. The Bertz CT molecular complexity index is 1220. The van der Waals surface area contributed by atoms with Crippen LogP contribution in [0.25, 0.3) is 11.5 Å². The third kappa shape index (κ3) is 6.41. The minimum Gasteiger partial charge on any atom is -0.415 e. The van der Waals surface area contributed by atoms with E-state index in [1.165, 1.54) is 28.6 Å². The molecule has 1 aliphatic rings. The van der Waals surface area contributed by atoms with Gasteiger partial charge in [0.05, 0.1) is 23.0 Å². The standard InChI is InChI=1S/C23H24ClF4N5O2S/c1-31-6-8-32(9-7-31)10-11-36(34)33(17-4-5-19(25)18(24)13-17)14-16-3-2-15(12-20(16)26)22-29-30-23(35-22)21(27)28/h2-5,12-13,21H,6-11,14H2,1H3. The lowest BCUT2D eigenvalue weighted by molar-refractivity contribution is 0.116. The fourth-order valence-electron chi connectivity index (χ4n) is 3.71. The summed E-state index contributed by atoms with van der Waals surface area (Å²) in [6, 6.07) is 7.91. The van der Waals surface area contributed by atoms with E-state index >= 15 is 4.39 Å². The molecule has 7 nitrogen and oxygen atoms in total. The lowest BCUT2D eigenvalue weighted by Crippen LogP contribution is -2.46. The molecule has 1 aromatic heterocycles. The van der Waals surface area contributed by atoms with Crippen LogP contribution in [0.5, 0.6) is 0 Å². The zero-order valence-corrected chi connectivity index (χ0v) is 20.9. The fraction of sp³-hybridized carbons (Fsp3) is 0.391. The molecule has 0 spiro atoms. The van der Waals surface area contributed by atoms with Gasteiger partial charge in [0, 0.05) is 43.9 Å². The Hall–Kier alpha value is -2.54. The molecular weight excluding hydrogens is 522 g/mol. The first-order chi connectivity index (χ1) is 17.2. The van der Waals surface area contributed by atoms with E-state index in [9.17, 15) is 17.4 Å². The maximum absolute atomic E-state index is 15.0. The van der Waals surface area contributed by atoms with Crippen molar-refractivity contribution in [2.24, 2.45) is 0 Å². The Balaban J connectivity index is 1.54. The third-order valence-corrected chi connectivity index (χ3v) is 7.51. The molecule has 0 amide bonds. The van der Waals surface area contributed by atoms with Gasteiger partial charge in [-0.05, 0) is 37.4 Å². The largest absolute Gasteiger partial charge is 0.415 e. The monoisotopic (exact) mass is 545 g/mol. The second kappa shape index (κ2) is 11.7. The summed E-state index contributed by atoms with van der Waals surface area (Å²) in [7, 11) is 0.467. The Labute approximate surface area is 213 Å². The number of benzene rings is 2. The van der Waals surface area contributed by atoms with Gasteiger partial charge >= 0.3 is 6.43 Å². The van der Waals surface area contributed by atoms with Crippen LogP contribution in [0.4, 0.5) is 23.2 Å². The predicted octanol–water partition coefficient (Wildman–Crippen LogP) is 4.52.